The lowest BCUT2D eigenvalue weighted by Gasteiger charge is -2.34. The molecule has 3 aromatic rings. The number of nitrogens with zero attached hydrogens (tertiary/aromatic N) is 7. The number of rotatable bonds is 4. The summed E-state index contributed by atoms with van der Waals surface area (Å²) in [4.78, 5) is 13.4. The molecule has 9 nitrogen and oxygen atoms in total. The summed E-state index contributed by atoms with van der Waals surface area (Å²) >= 11 is 0. The molecule has 0 saturated carbocycles. The van der Waals surface area contributed by atoms with Crippen molar-refractivity contribution in [2.75, 3.05) is 37.7 Å². The summed E-state index contributed by atoms with van der Waals surface area (Å²) in [7, 11) is 0. The first-order valence-corrected chi connectivity index (χ1v) is 9.07. The summed E-state index contributed by atoms with van der Waals surface area (Å²) in [5.41, 5.74) is 0.867. The number of aromatic nitrogens is 5. The fourth-order valence-electron chi connectivity index (χ4n) is 3.54. The number of fused-ring (bicyclic) bond motifs is 1. The molecule has 0 unspecified atom stereocenters. The van der Waals surface area contributed by atoms with Gasteiger partial charge in [-0.15, -0.1) is 5.10 Å². The first-order valence-electron chi connectivity index (χ1n) is 9.07. The van der Waals surface area contributed by atoms with Crippen LogP contribution >= 0.6 is 0 Å². The molecule has 0 amide bonds. The van der Waals surface area contributed by atoms with E-state index in [1.54, 1.807) is 6.20 Å². The molecular weight excluding hydrogens is 334 g/mol. The third-order valence-electron chi connectivity index (χ3n) is 4.99. The van der Waals surface area contributed by atoms with Crippen LogP contribution in [0.25, 0.3) is 5.65 Å². The highest BCUT2D eigenvalue weighted by molar-refractivity contribution is 5.46. The van der Waals surface area contributed by atoms with E-state index < -0.39 is 0 Å². The third kappa shape index (κ3) is 3.04. The Kier molecular flexibility index (Phi) is 4.02. The molecule has 0 bridgehead atoms. The minimum Gasteiger partial charge on any atom is -0.368 e. The fraction of sp³-hybridized carbons (Fsp3) is 0.529. The van der Waals surface area contributed by atoms with Crippen LogP contribution in [0.15, 0.2) is 29.0 Å². The Labute approximate surface area is 150 Å². The van der Waals surface area contributed by atoms with Crippen LogP contribution in [0, 0.1) is 0 Å². The van der Waals surface area contributed by atoms with E-state index in [1.165, 1.54) is 0 Å². The van der Waals surface area contributed by atoms with Gasteiger partial charge in [0.25, 0.3) is 5.89 Å². The largest absolute Gasteiger partial charge is 0.368 e. The van der Waals surface area contributed by atoms with Crippen LogP contribution < -0.4 is 4.90 Å². The SMILES string of the molecule is c1cn2nc(N3CCN(Cc4noc([C@H]5CCCO5)n4)CC3)ccc2n1. The first kappa shape index (κ1) is 15.7. The van der Waals surface area contributed by atoms with Gasteiger partial charge in [-0.05, 0) is 25.0 Å². The van der Waals surface area contributed by atoms with Crippen molar-refractivity contribution in [2.24, 2.45) is 0 Å². The fourth-order valence-corrected chi connectivity index (χ4v) is 3.54. The van der Waals surface area contributed by atoms with E-state index in [0.29, 0.717) is 12.4 Å². The maximum Gasteiger partial charge on any atom is 0.255 e. The van der Waals surface area contributed by atoms with Crippen LogP contribution in [0.2, 0.25) is 0 Å². The molecule has 136 valence electrons. The Bertz CT molecular complexity index is 878. The lowest BCUT2D eigenvalue weighted by atomic mass is 10.2. The number of anilines is 1. The average Bonchev–Trinajstić information content (AvgIpc) is 3.42. The van der Waals surface area contributed by atoms with Crippen molar-refractivity contribution in [2.45, 2.75) is 25.5 Å². The van der Waals surface area contributed by atoms with Gasteiger partial charge in [-0.25, -0.2) is 9.50 Å². The summed E-state index contributed by atoms with van der Waals surface area (Å²) in [6, 6.07) is 4.03. The van der Waals surface area contributed by atoms with Gasteiger partial charge in [0, 0.05) is 45.2 Å². The van der Waals surface area contributed by atoms with Crippen molar-refractivity contribution in [3.63, 3.8) is 0 Å². The number of hydrogen-bond donors (Lipinski definition) is 0. The van der Waals surface area contributed by atoms with Crippen LogP contribution in [0.4, 0.5) is 5.82 Å². The molecule has 26 heavy (non-hydrogen) atoms. The molecule has 5 heterocycles. The summed E-state index contributed by atoms with van der Waals surface area (Å²) in [6.45, 7) is 5.20. The van der Waals surface area contributed by atoms with Crippen molar-refractivity contribution in [3.8, 4) is 0 Å². The second-order valence-electron chi connectivity index (χ2n) is 6.74. The van der Waals surface area contributed by atoms with Gasteiger partial charge in [0.15, 0.2) is 11.5 Å². The van der Waals surface area contributed by atoms with Crippen molar-refractivity contribution in [3.05, 3.63) is 36.2 Å². The molecule has 2 saturated heterocycles. The summed E-state index contributed by atoms with van der Waals surface area (Å²) in [5.74, 6) is 2.34. The van der Waals surface area contributed by atoms with Crippen molar-refractivity contribution in [1.29, 1.82) is 0 Å². The molecule has 9 heteroatoms. The first-order chi connectivity index (χ1) is 12.8. The second kappa shape index (κ2) is 6.65. The predicted molar refractivity (Wildman–Crippen MR) is 92.7 cm³/mol. The smallest absolute Gasteiger partial charge is 0.255 e. The zero-order valence-corrected chi connectivity index (χ0v) is 14.5. The number of imidazole rings is 1. The number of piperazine rings is 1. The van der Waals surface area contributed by atoms with Crippen molar-refractivity contribution < 1.29 is 9.26 Å². The minimum atomic E-state index is -0.0164. The highest BCUT2D eigenvalue weighted by atomic mass is 16.5. The zero-order valence-electron chi connectivity index (χ0n) is 14.5. The summed E-state index contributed by atoms with van der Waals surface area (Å²) in [6.07, 6.45) is 5.64. The topological polar surface area (TPSA) is 84.8 Å². The van der Waals surface area contributed by atoms with Gasteiger partial charge < -0.3 is 14.2 Å². The number of ether oxygens (including phenoxy) is 1. The van der Waals surface area contributed by atoms with E-state index in [2.05, 4.69) is 30.0 Å². The van der Waals surface area contributed by atoms with Crippen LogP contribution in [0.1, 0.15) is 30.7 Å². The lowest BCUT2D eigenvalue weighted by Crippen LogP contribution is -2.46. The van der Waals surface area contributed by atoms with Crippen LogP contribution in [-0.2, 0) is 11.3 Å². The normalized spacial score (nSPS) is 21.7. The highest BCUT2D eigenvalue weighted by Crippen LogP contribution is 2.27. The standard InChI is InChI=1S/C17H21N7O2/c1-2-13(25-11-1)17-19-14(21-26-17)12-22-7-9-23(10-8-22)16-4-3-15-18-5-6-24(15)20-16/h3-6,13H,1-2,7-12H2/t13-/m1/s1. The predicted octanol–water partition coefficient (Wildman–Crippen LogP) is 1.29. The Morgan fingerprint density at radius 3 is 2.92 bits per heavy atom. The Morgan fingerprint density at radius 2 is 2.08 bits per heavy atom. The lowest BCUT2D eigenvalue weighted by molar-refractivity contribution is 0.0835. The van der Waals surface area contributed by atoms with Crippen LogP contribution in [-0.4, -0.2) is 62.4 Å². The summed E-state index contributed by atoms with van der Waals surface area (Å²) in [5, 5.41) is 8.74. The quantitative estimate of drug-likeness (QED) is 0.692. The zero-order chi connectivity index (χ0) is 17.3. The maximum atomic E-state index is 5.60. The van der Waals surface area contributed by atoms with E-state index in [1.807, 2.05) is 22.8 Å². The molecule has 0 aliphatic carbocycles. The van der Waals surface area contributed by atoms with Gasteiger partial charge in [0.2, 0.25) is 0 Å². The monoisotopic (exact) mass is 355 g/mol. The Balaban J connectivity index is 1.19. The van der Waals surface area contributed by atoms with Gasteiger partial charge in [-0.1, -0.05) is 5.16 Å². The van der Waals surface area contributed by atoms with Crippen LogP contribution in [0.3, 0.4) is 0 Å². The molecule has 0 radical (unpaired) electrons. The van der Waals surface area contributed by atoms with E-state index in [0.717, 1.165) is 62.9 Å². The van der Waals surface area contributed by atoms with E-state index in [4.69, 9.17) is 9.26 Å². The molecule has 1 atom stereocenters. The average molecular weight is 355 g/mol. The van der Waals surface area contributed by atoms with E-state index in [-0.39, 0.29) is 6.10 Å². The van der Waals surface area contributed by atoms with Crippen LogP contribution in [0.5, 0.6) is 0 Å². The molecule has 3 aromatic heterocycles. The molecule has 0 aromatic carbocycles. The summed E-state index contributed by atoms with van der Waals surface area (Å²) < 4.78 is 12.8. The van der Waals surface area contributed by atoms with Gasteiger partial charge in [-0.3, -0.25) is 4.90 Å². The second-order valence-corrected chi connectivity index (χ2v) is 6.74. The molecule has 0 N–H and O–H groups in total. The van der Waals surface area contributed by atoms with E-state index >= 15 is 0 Å². The molecule has 0 spiro atoms. The highest BCUT2D eigenvalue weighted by Gasteiger charge is 2.25. The molecular formula is C17H21N7O2. The molecule has 2 fully saturated rings. The number of hydrogen-bond acceptors (Lipinski definition) is 8. The Morgan fingerprint density at radius 1 is 1.15 bits per heavy atom. The van der Waals surface area contributed by atoms with Gasteiger partial charge >= 0.3 is 0 Å². The maximum absolute atomic E-state index is 5.60. The van der Waals surface area contributed by atoms with Gasteiger partial charge in [0.05, 0.1) is 6.54 Å². The van der Waals surface area contributed by atoms with Crippen molar-refractivity contribution in [1.82, 2.24) is 29.6 Å². The Hall–Kier alpha value is -2.52. The minimum absolute atomic E-state index is 0.0164. The van der Waals surface area contributed by atoms with Crippen molar-refractivity contribution >= 4 is 11.5 Å². The molecule has 5 rings (SSSR count). The molecule has 2 aliphatic rings. The van der Waals surface area contributed by atoms with Gasteiger partial charge in [-0.2, -0.15) is 4.98 Å². The van der Waals surface area contributed by atoms with Gasteiger partial charge in [0.1, 0.15) is 11.9 Å². The van der Waals surface area contributed by atoms with E-state index in [9.17, 15) is 0 Å². The molecule has 2 aliphatic heterocycles. The third-order valence-corrected chi connectivity index (χ3v) is 4.99.